The normalized spacial score (nSPS) is 9.81. The van der Waals surface area contributed by atoms with Crippen molar-refractivity contribution in [3.05, 3.63) is 65.2 Å². The van der Waals surface area contributed by atoms with Gasteiger partial charge in [-0.3, -0.25) is 20.4 Å². The second kappa shape index (κ2) is 6.56. The molecule has 0 aromatic heterocycles. The number of carbonyl (C=O) groups is 2. The highest BCUT2D eigenvalue weighted by Crippen LogP contribution is 2.12. The number of hydrogen-bond donors (Lipinski definition) is 2. The summed E-state index contributed by atoms with van der Waals surface area (Å²) in [6.07, 6.45) is 0. The number of nitrogens with one attached hydrogen (secondary N) is 2. The summed E-state index contributed by atoms with van der Waals surface area (Å²) in [5.74, 6) is -0.197. The Bertz CT molecular complexity index is 668. The molecule has 0 heterocycles. The van der Waals surface area contributed by atoms with E-state index < -0.39 is 5.91 Å². The Labute approximate surface area is 122 Å². The topological polar surface area (TPSA) is 67.4 Å². The Balaban J connectivity index is 1.99. The fourth-order valence-corrected chi connectivity index (χ4v) is 1.81. The Morgan fingerprint density at radius 3 is 2.05 bits per heavy atom. The molecule has 0 saturated heterocycles. The van der Waals surface area contributed by atoms with Crippen LogP contribution in [0.3, 0.4) is 0 Å². The highest BCUT2D eigenvalue weighted by atomic mass is 16.5. The number of hydrogen-bond acceptors (Lipinski definition) is 3. The van der Waals surface area contributed by atoms with Crippen molar-refractivity contribution in [3.63, 3.8) is 0 Å². The third-order valence-electron chi connectivity index (χ3n) is 2.90. The zero-order valence-electron chi connectivity index (χ0n) is 11.8. The van der Waals surface area contributed by atoms with Gasteiger partial charge in [0.1, 0.15) is 5.75 Å². The summed E-state index contributed by atoms with van der Waals surface area (Å²) < 4.78 is 5.05. The van der Waals surface area contributed by atoms with Crippen LogP contribution in [0.15, 0.2) is 48.5 Å². The van der Waals surface area contributed by atoms with Gasteiger partial charge in [-0.15, -0.1) is 0 Å². The molecule has 0 radical (unpaired) electrons. The predicted octanol–water partition coefficient (Wildman–Crippen LogP) is 2.08. The summed E-state index contributed by atoms with van der Waals surface area (Å²) in [6.45, 7) is 1.89. The van der Waals surface area contributed by atoms with E-state index in [4.69, 9.17) is 4.74 Å². The first-order valence-corrected chi connectivity index (χ1v) is 6.41. The largest absolute Gasteiger partial charge is 0.497 e. The van der Waals surface area contributed by atoms with Crippen molar-refractivity contribution in [2.75, 3.05) is 7.11 Å². The van der Waals surface area contributed by atoms with Gasteiger partial charge in [-0.25, -0.2) is 0 Å². The number of ether oxygens (including phenoxy) is 1. The Kier molecular flexibility index (Phi) is 4.56. The van der Waals surface area contributed by atoms with Crippen molar-refractivity contribution in [1.29, 1.82) is 0 Å². The molecule has 5 nitrogen and oxygen atoms in total. The number of benzene rings is 2. The van der Waals surface area contributed by atoms with Crippen molar-refractivity contribution in [2.45, 2.75) is 6.92 Å². The van der Waals surface area contributed by atoms with Gasteiger partial charge in [0.15, 0.2) is 0 Å². The number of aryl methyl sites for hydroxylation is 1. The second-order valence-corrected chi connectivity index (χ2v) is 4.51. The summed E-state index contributed by atoms with van der Waals surface area (Å²) in [7, 11) is 1.52. The Morgan fingerprint density at radius 1 is 0.905 bits per heavy atom. The molecule has 0 aliphatic carbocycles. The van der Waals surface area contributed by atoms with Gasteiger partial charge in [0.25, 0.3) is 11.8 Å². The summed E-state index contributed by atoms with van der Waals surface area (Å²) in [5.41, 5.74) is 6.62. The fourth-order valence-electron chi connectivity index (χ4n) is 1.81. The molecule has 108 valence electrons. The number of hydrazine groups is 1. The van der Waals surface area contributed by atoms with Crippen molar-refractivity contribution < 1.29 is 14.3 Å². The van der Waals surface area contributed by atoms with Crippen LogP contribution < -0.4 is 15.6 Å². The molecule has 5 heteroatoms. The SMILES string of the molecule is COc1cccc(C(=O)NNC(=O)c2cccc(C)c2)c1. The van der Waals surface area contributed by atoms with Crippen LogP contribution in [0.4, 0.5) is 0 Å². The average molecular weight is 284 g/mol. The molecule has 2 rings (SSSR count). The lowest BCUT2D eigenvalue weighted by Gasteiger charge is -2.08. The van der Waals surface area contributed by atoms with Gasteiger partial charge in [0.05, 0.1) is 7.11 Å². The van der Waals surface area contributed by atoms with Crippen molar-refractivity contribution in [1.82, 2.24) is 10.9 Å². The van der Waals surface area contributed by atoms with Crippen LogP contribution in [0.2, 0.25) is 0 Å². The molecular weight excluding hydrogens is 268 g/mol. The van der Waals surface area contributed by atoms with Crippen LogP contribution in [-0.2, 0) is 0 Å². The minimum Gasteiger partial charge on any atom is -0.497 e. The fraction of sp³-hybridized carbons (Fsp3) is 0.125. The minimum absolute atomic E-state index is 0.366. The predicted molar refractivity (Wildman–Crippen MR) is 79.1 cm³/mol. The highest BCUT2D eigenvalue weighted by Gasteiger charge is 2.09. The van der Waals surface area contributed by atoms with Crippen LogP contribution in [0.1, 0.15) is 26.3 Å². The molecule has 0 aliphatic rings. The van der Waals surface area contributed by atoms with E-state index in [9.17, 15) is 9.59 Å². The molecule has 0 aliphatic heterocycles. The van der Waals surface area contributed by atoms with E-state index >= 15 is 0 Å². The molecule has 2 aromatic rings. The molecule has 2 aromatic carbocycles. The van der Waals surface area contributed by atoms with Gasteiger partial charge >= 0.3 is 0 Å². The van der Waals surface area contributed by atoms with Gasteiger partial charge in [0, 0.05) is 11.1 Å². The van der Waals surface area contributed by atoms with Gasteiger partial charge in [-0.05, 0) is 37.3 Å². The van der Waals surface area contributed by atoms with Crippen molar-refractivity contribution in [2.24, 2.45) is 0 Å². The lowest BCUT2D eigenvalue weighted by molar-refractivity contribution is 0.0846. The summed E-state index contributed by atoms with van der Waals surface area (Å²) >= 11 is 0. The van der Waals surface area contributed by atoms with E-state index in [0.717, 1.165) is 5.56 Å². The zero-order chi connectivity index (χ0) is 15.2. The van der Waals surface area contributed by atoms with Gasteiger partial charge in [-0.2, -0.15) is 0 Å². The first kappa shape index (κ1) is 14.6. The summed E-state index contributed by atoms with van der Waals surface area (Å²) in [6, 6.07) is 13.8. The summed E-state index contributed by atoms with van der Waals surface area (Å²) in [4.78, 5) is 23.8. The maximum Gasteiger partial charge on any atom is 0.269 e. The maximum absolute atomic E-state index is 11.9. The lowest BCUT2D eigenvalue weighted by atomic mass is 10.1. The summed E-state index contributed by atoms with van der Waals surface area (Å²) in [5, 5.41) is 0. The van der Waals surface area contributed by atoms with Crippen LogP contribution in [0, 0.1) is 6.92 Å². The van der Waals surface area contributed by atoms with Crippen molar-refractivity contribution in [3.8, 4) is 5.75 Å². The van der Waals surface area contributed by atoms with Crippen LogP contribution in [0.25, 0.3) is 0 Å². The Hall–Kier alpha value is -2.82. The van der Waals surface area contributed by atoms with E-state index in [1.165, 1.54) is 7.11 Å². The first-order valence-electron chi connectivity index (χ1n) is 6.41. The molecule has 21 heavy (non-hydrogen) atoms. The van der Waals surface area contributed by atoms with E-state index in [2.05, 4.69) is 10.9 Å². The van der Waals surface area contributed by atoms with E-state index in [1.807, 2.05) is 13.0 Å². The standard InChI is InChI=1S/C16H16N2O3/c1-11-5-3-6-12(9-11)15(19)17-18-16(20)13-7-4-8-14(10-13)21-2/h3-10H,1-2H3,(H,17,19)(H,18,20). The minimum atomic E-state index is -0.407. The van der Waals surface area contributed by atoms with E-state index in [0.29, 0.717) is 16.9 Å². The number of methoxy groups -OCH3 is 1. The molecular formula is C16H16N2O3. The third-order valence-corrected chi connectivity index (χ3v) is 2.90. The molecule has 0 unspecified atom stereocenters. The molecule has 0 atom stereocenters. The number of amides is 2. The van der Waals surface area contributed by atoms with Gasteiger partial charge in [0.2, 0.25) is 0 Å². The third kappa shape index (κ3) is 3.82. The van der Waals surface area contributed by atoms with Crippen molar-refractivity contribution >= 4 is 11.8 Å². The van der Waals surface area contributed by atoms with Gasteiger partial charge < -0.3 is 4.74 Å². The van der Waals surface area contributed by atoms with E-state index in [-0.39, 0.29) is 5.91 Å². The van der Waals surface area contributed by atoms with Crippen LogP contribution in [-0.4, -0.2) is 18.9 Å². The first-order chi connectivity index (χ1) is 10.1. The Morgan fingerprint density at radius 2 is 1.48 bits per heavy atom. The smallest absolute Gasteiger partial charge is 0.269 e. The quantitative estimate of drug-likeness (QED) is 0.848. The molecule has 0 bridgehead atoms. The number of carbonyl (C=O) groups excluding carboxylic acids is 2. The molecule has 2 amide bonds. The van der Waals surface area contributed by atoms with E-state index in [1.54, 1.807) is 42.5 Å². The zero-order valence-corrected chi connectivity index (χ0v) is 11.8. The van der Waals surface area contributed by atoms with Crippen LogP contribution >= 0.6 is 0 Å². The molecule has 0 fully saturated rings. The molecule has 0 spiro atoms. The maximum atomic E-state index is 11.9. The average Bonchev–Trinajstić information content (AvgIpc) is 2.52. The lowest BCUT2D eigenvalue weighted by Crippen LogP contribution is -2.41. The van der Waals surface area contributed by atoms with Crippen LogP contribution in [0.5, 0.6) is 5.75 Å². The second-order valence-electron chi connectivity index (χ2n) is 4.51. The monoisotopic (exact) mass is 284 g/mol. The molecule has 0 saturated carbocycles. The molecule has 2 N–H and O–H groups in total. The highest BCUT2D eigenvalue weighted by molar-refractivity contribution is 5.99. The number of rotatable bonds is 3. The van der Waals surface area contributed by atoms with Gasteiger partial charge in [-0.1, -0.05) is 23.8 Å².